The minimum atomic E-state index is -0.00377. The van der Waals surface area contributed by atoms with Gasteiger partial charge in [0.2, 0.25) is 0 Å². The lowest BCUT2D eigenvalue weighted by molar-refractivity contribution is 0.104. The van der Waals surface area contributed by atoms with E-state index in [1.807, 2.05) is 6.92 Å². The second-order valence-electron chi connectivity index (χ2n) is 2.93. The summed E-state index contributed by atoms with van der Waals surface area (Å²) in [5.41, 5.74) is 0.673. The van der Waals surface area contributed by atoms with Gasteiger partial charge in [-0.3, -0.25) is 4.79 Å². The molecule has 1 aromatic carbocycles. The standard InChI is InChI=1S/C11H11OPS/c1-8(13)2-7-11(12)9-3-5-10(14)6-4-9/h2-7,13-14H,1H3/b7-2+. The van der Waals surface area contributed by atoms with Crippen molar-refractivity contribution in [1.29, 1.82) is 0 Å². The molecule has 14 heavy (non-hydrogen) atoms. The molecule has 0 fully saturated rings. The summed E-state index contributed by atoms with van der Waals surface area (Å²) in [6.07, 6.45) is 3.27. The van der Waals surface area contributed by atoms with E-state index in [1.54, 1.807) is 30.3 Å². The predicted molar refractivity (Wildman–Crippen MR) is 66.2 cm³/mol. The summed E-state index contributed by atoms with van der Waals surface area (Å²) in [4.78, 5) is 12.4. The van der Waals surface area contributed by atoms with Gasteiger partial charge in [-0.2, -0.15) is 0 Å². The van der Waals surface area contributed by atoms with Crippen molar-refractivity contribution in [3.05, 3.63) is 42.0 Å². The lowest BCUT2D eigenvalue weighted by atomic mass is 10.1. The van der Waals surface area contributed by atoms with E-state index in [0.29, 0.717) is 5.56 Å². The van der Waals surface area contributed by atoms with Crippen LogP contribution in [0.3, 0.4) is 0 Å². The first-order valence-electron chi connectivity index (χ1n) is 4.16. The van der Waals surface area contributed by atoms with Gasteiger partial charge in [0.1, 0.15) is 0 Å². The molecule has 0 aliphatic rings. The molecule has 0 aliphatic heterocycles. The van der Waals surface area contributed by atoms with E-state index >= 15 is 0 Å². The summed E-state index contributed by atoms with van der Waals surface area (Å²) in [5, 5.41) is 0.921. The maximum atomic E-state index is 11.5. The zero-order chi connectivity index (χ0) is 10.6. The van der Waals surface area contributed by atoms with Gasteiger partial charge in [0.25, 0.3) is 0 Å². The van der Waals surface area contributed by atoms with Crippen LogP contribution in [-0.4, -0.2) is 11.1 Å². The highest BCUT2D eigenvalue weighted by Crippen LogP contribution is 2.08. The van der Waals surface area contributed by atoms with Gasteiger partial charge in [-0.1, -0.05) is 6.08 Å². The zero-order valence-corrected chi connectivity index (χ0v) is 9.71. The van der Waals surface area contributed by atoms with Crippen LogP contribution in [0.5, 0.6) is 0 Å². The molecule has 0 atom stereocenters. The number of thiol groups is 1. The minimum absolute atomic E-state index is 0.00377. The number of carbonyl (C=O) groups is 1. The van der Waals surface area contributed by atoms with E-state index in [-0.39, 0.29) is 5.78 Å². The van der Waals surface area contributed by atoms with Gasteiger partial charge in [0, 0.05) is 10.5 Å². The van der Waals surface area contributed by atoms with E-state index < -0.39 is 0 Å². The second-order valence-corrected chi connectivity index (χ2v) is 4.23. The summed E-state index contributed by atoms with van der Waals surface area (Å²) in [7, 11) is 3.30. The number of ketones is 1. The monoisotopic (exact) mass is 222 g/mol. The predicted octanol–water partition coefficient (Wildman–Crippen LogP) is 3.05. The van der Waals surface area contributed by atoms with Gasteiger partial charge in [0.05, 0.1) is 0 Å². The highest BCUT2D eigenvalue weighted by Gasteiger charge is 1.99. The van der Waals surface area contributed by atoms with Crippen molar-refractivity contribution in [1.82, 2.24) is 0 Å². The van der Waals surface area contributed by atoms with Crippen molar-refractivity contribution in [3.63, 3.8) is 0 Å². The molecule has 0 saturated heterocycles. The SMILES string of the molecule is CC(=P)/C=C/C(=O)c1ccc(S)cc1. The number of hydrogen-bond acceptors (Lipinski definition) is 2. The number of carbonyl (C=O) groups excluding carboxylic acids is 1. The molecule has 72 valence electrons. The normalized spacial score (nSPS) is 10.4. The summed E-state index contributed by atoms with van der Waals surface area (Å²) in [6, 6.07) is 7.12. The van der Waals surface area contributed by atoms with Crippen LogP contribution in [-0.2, 0) is 0 Å². The largest absolute Gasteiger partial charge is 0.289 e. The molecule has 0 N–H and O–H groups in total. The molecule has 0 amide bonds. The Balaban J connectivity index is 2.80. The number of rotatable bonds is 3. The molecule has 0 saturated carbocycles. The van der Waals surface area contributed by atoms with Crippen molar-refractivity contribution >= 4 is 32.6 Å². The third-order valence-electron chi connectivity index (χ3n) is 1.64. The quantitative estimate of drug-likeness (QED) is 0.360. The molecule has 0 heterocycles. The fourth-order valence-electron chi connectivity index (χ4n) is 0.923. The Morgan fingerprint density at radius 2 is 1.86 bits per heavy atom. The highest BCUT2D eigenvalue weighted by molar-refractivity contribution is 7.80. The zero-order valence-electron chi connectivity index (χ0n) is 7.82. The Labute approximate surface area is 91.5 Å². The van der Waals surface area contributed by atoms with E-state index in [1.165, 1.54) is 6.08 Å². The van der Waals surface area contributed by atoms with Crippen molar-refractivity contribution in [2.24, 2.45) is 0 Å². The van der Waals surface area contributed by atoms with Crippen molar-refractivity contribution < 1.29 is 4.79 Å². The smallest absolute Gasteiger partial charge is 0.185 e. The van der Waals surface area contributed by atoms with Crippen LogP contribution in [0.25, 0.3) is 0 Å². The Hall–Kier alpha value is -0.850. The number of benzene rings is 1. The summed E-state index contributed by atoms with van der Waals surface area (Å²) >= 11 is 4.14. The first kappa shape index (κ1) is 11.2. The van der Waals surface area contributed by atoms with E-state index in [4.69, 9.17) is 0 Å². The van der Waals surface area contributed by atoms with Crippen molar-refractivity contribution in [2.75, 3.05) is 0 Å². The van der Waals surface area contributed by atoms with Crippen LogP contribution in [0.15, 0.2) is 41.3 Å². The minimum Gasteiger partial charge on any atom is -0.289 e. The molecule has 0 bridgehead atoms. The molecule has 0 unspecified atom stereocenters. The third-order valence-corrected chi connectivity index (χ3v) is 2.10. The molecular weight excluding hydrogens is 211 g/mol. The van der Waals surface area contributed by atoms with Gasteiger partial charge < -0.3 is 0 Å². The molecule has 0 aromatic heterocycles. The lowest BCUT2D eigenvalue weighted by Gasteiger charge is -1.95. The Bertz CT molecular complexity index is 379. The summed E-state index contributed by atoms with van der Waals surface area (Å²) in [6.45, 7) is 1.87. The highest BCUT2D eigenvalue weighted by atomic mass is 32.1. The Kier molecular flexibility index (Phi) is 4.12. The number of hydrogen-bond donors (Lipinski definition) is 1. The Morgan fingerprint density at radius 3 is 2.36 bits per heavy atom. The second kappa shape index (κ2) is 5.14. The van der Waals surface area contributed by atoms with Gasteiger partial charge in [-0.15, -0.1) is 21.5 Å². The summed E-state index contributed by atoms with van der Waals surface area (Å²) in [5.74, 6) is -0.00377. The maximum Gasteiger partial charge on any atom is 0.185 e. The molecule has 0 spiro atoms. The Morgan fingerprint density at radius 1 is 1.29 bits per heavy atom. The maximum absolute atomic E-state index is 11.5. The average molecular weight is 222 g/mol. The topological polar surface area (TPSA) is 17.1 Å². The molecule has 0 radical (unpaired) electrons. The van der Waals surface area contributed by atoms with Crippen molar-refractivity contribution in [2.45, 2.75) is 11.8 Å². The van der Waals surface area contributed by atoms with Gasteiger partial charge in [-0.05, 0) is 42.6 Å². The number of allylic oxidation sites excluding steroid dienone is 2. The lowest BCUT2D eigenvalue weighted by Crippen LogP contribution is -1.94. The van der Waals surface area contributed by atoms with Crippen LogP contribution in [0, 0.1) is 0 Å². The first-order valence-corrected chi connectivity index (χ1v) is 5.11. The van der Waals surface area contributed by atoms with Crippen molar-refractivity contribution in [3.8, 4) is 0 Å². The van der Waals surface area contributed by atoms with Gasteiger partial charge in [-0.25, -0.2) is 0 Å². The van der Waals surface area contributed by atoms with Crippen LogP contribution < -0.4 is 0 Å². The molecule has 3 heteroatoms. The fourth-order valence-corrected chi connectivity index (χ4v) is 1.16. The van der Waals surface area contributed by atoms with E-state index in [0.717, 1.165) is 10.2 Å². The van der Waals surface area contributed by atoms with Crippen LogP contribution in [0.1, 0.15) is 17.3 Å². The van der Waals surface area contributed by atoms with Gasteiger partial charge in [0.15, 0.2) is 5.78 Å². The van der Waals surface area contributed by atoms with E-state index in [2.05, 4.69) is 21.5 Å². The molecule has 1 aromatic rings. The first-order chi connectivity index (χ1) is 6.59. The van der Waals surface area contributed by atoms with Crippen LogP contribution in [0.2, 0.25) is 0 Å². The molecular formula is C11H11OPS. The molecule has 1 rings (SSSR count). The van der Waals surface area contributed by atoms with Crippen LogP contribution >= 0.6 is 21.5 Å². The summed E-state index contributed by atoms with van der Waals surface area (Å²) < 4.78 is 0. The van der Waals surface area contributed by atoms with Crippen LogP contribution in [0.4, 0.5) is 0 Å². The molecule has 1 nitrogen and oxygen atoms in total. The third kappa shape index (κ3) is 3.49. The fraction of sp³-hybridized carbons (Fsp3) is 0.0909. The van der Waals surface area contributed by atoms with E-state index in [9.17, 15) is 4.79 Å². The van der Waals surface area contributed by atoms with Gasteiger partial charge >= 0.3 is 0 Å². The average Bonchev–Trinajstić information content (AvgIpc) is 2.15. The molecule has 0 aliphatic carbocycles.